The summed E-state index contributed by atoms with van der Waals surface area (Å²) in [7, 11) is 0. The summed E-state index contributed by atoms with van der Waals surface area (Å²) >= 11 is 0. The normalized spacial score (nSPS) is 17.4. The number of nitrogens with zero attached hydrogens (tertiary/aromatic N) is 5. The van der Waals surface area contributed by atoms with Crippen LogP contribution >= 0.6 is 0 Å². The van der Waals surface area contributed by atoms with Gasteiger partial charge in [0.05, 0.1) is 11.3 Å². The zero-order valence-electron chi connectivity index (χ0n) is 16.8. The molecule has 1 aliphatic carbocycles. The van der Waals surface area contributed by atoms with Crippen molar-refractivity contribution in [2.45, 2.75) is 25.2 Å². The van der Waals surface area contributed by atoms with E-state index in [1.165, 1.54) is 5.56 Å². The number of hydrogen-bond donors (Lipinski definition) is 1. The number of fused-ring (bicyclic) bond motifs is 3. The van der Waals surface area contributed by atoms with E-state index in [9.17, 15) is 4.79 Å². The van der Waals surface area contributed by atoms with Crippen LogP contribution in [0.3, 0.4) is 0 Å². The van der Waals surface area contributed by atoms with Crippen LogP contribution in [0.1, 0.15) is 39.8 Å². The van der Waals surface area contributed by atoms with Crippen LogP contribution in [0.25, 0.3) is 22.7 Å². The second-order valence-electron chi connectivity index (χ2n) is 8.02. The highest BCUT2D eigenvalue weighted by Gasteiger charge is 2.34. The van der Waals surface area contributed by atoms with Crippen molar-refractivity contribution in [2.75, 3.05) is 13.1 Å². The molecule has 1 saturated heterocycles. The molecule has 4 aromatic rings. The van der Waals surface area contributed by atoms with Crippen LogP contribution in [0.15, 0.2) is 53.3 Å². The van der Waals surface area contributed by atoms with Crippen LogP contribution in [-0.2, 0) is 12.8 Å². The molecule has 0 spiro atoms. The number of likely N-dealkylation sites (tertiary alicyclic amines) is 1. The highest BCUT2D eigenvalue weighted by molar-refractivity contribution is 5.96. The Hall–Kier alpha value is -3.81. The SMILES string of the molecule is O=C(c1[nH]nc2c1CCc1ccccc1-2)N1CCC(c2noc(-c3cccnc3)n2)C1. The molecule has 1 aromatic carbocycles. The van der Waals surface area contributed by atoms with Crippen LogP contribution in [0.2, 0.25) is 0 Å². The lowest BCUT2D eigenvalue weighted by Gasteiger charge is -2.18. The Morgan fingerprint density at radius 2 is 2.10 bits per heavy atom. The van der Waals surface area contributed by atoms with Crippen molar-refractivity contribution in [2.24, 2.45) is 0 Å². The number of H-pyrrole nitrogens is 1. The average Bonchev–Trinajstić information content (AvgIpc) is 3.58. The molecule has 4 heterocycles. The maximum atomic E-state index is 13.3. The topological polar surface area (TPSA) is 101 Å². The maximum absolute atomic E-state index is 13.3. The fraction of sp³-hybridized carbons (Fsp3) is 0.261. The number of aryl methyl sites for hydroxylation is 1. The van der Waals surface area contributed by atoms with Crippen molar-refractivity contribution in [1.29, 1.82) is 0 Å². The van der Waals surface area contributed by atoms with Crippen molar-refractivity contribution >= 4 is 5.91 Å². The second kappa shape index (κ2) is 7.16. The van der Waals surface area contributed by atoms with Gasteiger partial charge in [-0.05, 0) is 37.0 Å². The summed E-state index contributed by atoms with van der Waals surface area (Å²) in [6.45, 7) is 1.22. The van der Waals surface area contributed by atoms with E-state index >= 15 is 0 Å². The molecule has 31 heavy (non-hydrogen) atoms. The van der Waals surface area contributed by atoms with Crippen LogP contribution in [0.4, 0.5) is 0 Å². The quantitative estimate of drug-likeness (QED) is 0.554. The maximum Gasteiger partial charge on any atom is 0.272 e. The van der Waals surface area contributed by atoms with Crippen LogP contribution in [0.5, 0.6) is 0 Å². The van der Waals surface area contributed by atoms with Crippen molar-refractivity contribution in [3.8, 4) is 22.7 Å². The molecular weight excluding hydrogens is 392 g/mol. The average molecular weight is 412 g/mol. The molecule has 1 amide bonds. The van der Waals surface area contributed by atoms with Gasteiger partial charge < -0.3 is 9.42 Å². The van der Waals surface area contributed by atoms with Crippen molar-refractivity contribution in [1.82, 2.24) is 30.2 Å². The van der Waals surface area contributed by atoms with E-state index in [0.717, 1.165) is 41.6 Å². The lowest BCUT2D eigenvalue weighted by molar-refractivity contribution is 0.0783. The van der Waals surface area contributed by atoms with Gasteiger partial charge >= 0.3 is 0 Å². The van der Waals surface area contributed by atoms with Gasteiger partial charge in [0.15, 0.2) is 5.82 Å². The zero-order chi connectivity index (χ0) is 20.8. The van der Waals surface area contributed by atoms with E-state index in [1.807, 2.05) is 29.2 Å². The van der Waals surface area contributed by atoms with Crippen molar-refractivity contribution in [3.05, 3.63) is 71.4 Å². The fourth-order valence-electron chi connectivity index (χ4n) is 4.56. The summed E-state index contributed by atoms with van der Waals surface area (Å²) in [4.78, 5) is 23.8. The van der Waals surface area contributed by atoms with Crippen LogP contribution < -0.4 is 0 Å². The fourth-order valence-corrected chi connectivity index (χ4v) is 4.56. The molecule has 1 atom stereocenters. The van der Waals surface area contributed by atoms with Crippen molar-refractivity contribution < 1.29 is 9.32 Å². The molecule has 1 aliphatic heterocycles. The second-order valence-corrected chi connectivity index (χ2v) is 8.02. The molecular formula is C23H20N6O2. The minimum absolute atomic E-state index is 0.00777. The lowest BCUT2D eigenvalue weighted by atomic mass is 9.89. The third-order valence-corrected chi connectivity index (χ3v) is 6.19. The Bertz CT molecular complexity index is 1260. The lowest BCUT2D eigenvalue weighted by Crippen LogP contribution is -2.30. The Kier molecular flexibility index (Phi) is 4.15. The minimum atomic E-state index is -0.00777. The number of aromatic amines is 1. The standard InChI is InChI=1S/C23H20N6O2/c30-23(20-18-8-7-14-4-1-2-6-17(14)19(18)26-27-20)29-11-9-16(13-29)21-25-22(31-28-21)15-5-3-10-24-12-15/h1-6,10,12,16H,7-9,11,13H2,(H,26,27). The summed E-state index contributed by atoms with van der Waals surface area (Å²) in [6, 6.07) is 12.0. The van der Waals surface area contributed by atoms with Crippen LogP contribution in [-0.4, -0.2) is 49.2 Å². The monoisotopic (exact) mass is 412 g/mol. The minimum Gasteiger partial charge on any atom is -0.337 e. The number of nitrogens with one attached hydrogen (secondary N) is 1. The van der Waals surface area contributed by atoms with E-state index in [-0.39, 0.29) is 11.8 Å². The first-order valence-corrected chi connectivity index (χ1v) is 10.5. The van der Waals surface area contributed by atoms with Gasteiger partial charge in [0.2, 0.25) is 0 Å². The van der Waals surface area contributed by atoms with E-state index < -0.39 is 0 Å². The van der Waals surface area contributed by atoms with E-state index in [0.29, 0.717) is 30.5 Å². The van der Waals surface area contributed by atoms with Gasteiger partial charge in [-0.2, -0.15) is 10.1 Å². The third kappa shape index (κ3) is 3.02. The smallest absolute Gasteiger partial charge is 0.272 e. The number of pyridine rings is 1. The van der Waals surface area contributed by atoms with Gasteiger partial charge in [0.1, 0.15) is 5.69 Å². The van der Waals surface area contributed by atoms with Gasteiger partial charge in [-0.1, -0.05) is 29.4 Å². The predicted octanol–water partition coefficient (Wildman–Crippen LogP) is 3.25. The Morgan fingerprint density at radius 1 is 1.16 bits per heavy atom. The number of rotatable bonds is 3. The van der Waals surface area contributed by atoms with Gasteiger partial charge in [0, 0.05) is 42.5 Å². The van der Waals surface area contributed by atoms with Crippen LogP contribution in [0, 0.1) is 0 Å². The molecule has 2 aliphatic rings. The molecule has 0 bridgehead atoms. The number of benzene rings is 1. The van der Waals surface area contributed by atoms with Gasteiger partial charge in [0.25, 0.3) is 11.8 Å². The van der Waals surface area contributed by atoms with Crippen molar-refractivity contribution in [3.63, 3.8) is 0 Å². The summed E-state index contributed by atoms with van der Waals surface area (Å²) in [6.07, 6.45) is 5.94. The van der Waals surface area contributed by atoms with E-state index in [4.69, 9.17) is 4.52 Å². The molecule has 1 fully saturated rings. The van der Waals surface area contributed by atoms with Gasteiger partial charge in [-0.25, -0.2) is 0 Å². The third-order valence-electron chi connectivity index (χ3n) is 6.19. The predicted molar refractivity (Wildman–Crippen MR) is 112 cm³/mol. The van der Waals surface area contributed by atoms with Gasteiger partial charge in [-0.3, -0.25) is 14.9 Å². The Balaban J connectivity index is 1.21. The molecule has 154 valence electrons. The number of carbonyl (C=O) groups is 1. The number of hydrogen-bond acceptors (Lipinski definition) is 6. The van der Waals surface area contributed by atoms with E-state index in [1.54, 1.807) is 12.4 Å². The molecule has 8 nitrogen and oxygen atoms in total. The Labute approximate surface area is 178 Å². The molecule has 1 unspecified atom stereocenters. The molecule has 1 N–H and O–H groups in total. The molecule has 3 aromatic heterocycles. The Morgan fingerprint density at radius 3 is 3.00 bits per heavy atom. The summed E-state index contributed by atoms with van der Waals surface area (Å²) in [5.74, 6) is 1.13. The molecule has 0 radical (unpaired) electrons. The van der Waals surface area contributed by atoms with E-state index in [2.05, 4.69) is 37.5 Å². The number of amides is 1. The first kappa shape index (κ1) is 18.0. The molecule has 8 heteroatoms. The molecule has 0 saturated carbocycles. The summed E-state index contributed by atoms with van der Waals surface area (Å²) in [5, 5.41) is 11.7. The summed E-state index contributed by atoms with van der Waals surface area (Å²) in [5.41, 5.74) is 5.72. The summed E-state index contributed by atoms with van der Waals surface area (Å²) < 4.78 is 5.42. The highest BCUT2D eigenvalue weighted by Crippen LogP contribution is 2.35. The number of carbonyl (C=O) groups excluding carboxylic acids is 1. The highest BCUT2D eigenvalue weighted by atomic mass is 16.5. The molecule has 6 rings (SSSR count). The zero-order valence-corrected chi connectivity index (χ0v) is 16.8. The van der Waals surface area contributed by atoms with Gasteiger partial charge in [-0.15, -0.1) is 0 Å². The largest absolute Gasteiger partial charge is 0.337 e. The number of aromatic nitrogens is 5. The first-order chi connectivity index (χ1) is 15.3. The first-order valence-electron chi connectivity index (χ1n) is 10.5.